The quantitative estimate of drug-likeness (QED) is 0.824. The van der Waals surface area contributed by atoms with Crippen LogP contribution in [0.3, 0.4) is 0 Å². The van der Waals surface area contributed by atoms with Crippen LogP contribution in [0.15, 0.2) is 45.5 Å². The molecule has 3 rings (SSSR count). The Labute approximate surface area is 161 Å². The van der Waals surface area contributed by atoms with Gasteiger partial charge in [-0.25, -0.2) is 0 Å². The van der Waals surface area contributed by atoms with Gasteiger partial charge >= 0.3 is 0 Å². The highest BCUT2D eigenvalue weighted by Crippen LogP contribution is 2.18. The number of carbonyl (C=O) groups is 2. The first-order valence-electron chi connectivity index (χ1n) is 8.65. The molecule has 26 heavy (non-hydrogen) atoms. The summed E-state index contributed by atoms with van der Waals surface area (Å²) in [6.07, 6.45) is 0.928. The second kappa shape index (κ2) is 8.51. The molecule has 1 aromatic carbocycles. The van der Waals surface area contributed by atoms with Gasteiger partial charge in [0.1, 0.15) is 0 Å². The highest BCUT2D eigenvalue weighted by molar-refractivity contribution is 9.10. The molecule has 138 valence electrons. The van der Waals surface area contributed by atoms with Crippen LogP contribution in [0.2, 0.25) is 0 Å². The van der Waals surface area contributed by atoms with Gasteiger partial charge in [-0.05, 0) is 52.2 Å². The number of rotatable bonds is 4. The van der Waals surface area contributed by atoms with E-state index in [0.29, 0.717) is 17.0 Å². The number of amides is 2. The number of halogens is 1. The van der Waals surface area contributed by atoms with Crippen LogP contribution in [0.4, 0.5) is 5.69 Å². The van der Waals surface area contributed by atoms with E-state index in [0.717, 1.165) is 38.3 Å². The van der Waals surface area contributed by atoms with Crippen LogP contribution in [0.25, 0.3) is 0 Å². The van der Waals surface area contributed by atoms with E-state index in [2.05, 4.69) is 26.1 Å². The Bertz CT molecular complexity index is 773. The highest BCUT2D eigenvalue weighted by atomic mass is 79.9. The second-order valence-electron chi connectivity index (χ2n) is 6.40. The lowest BCUT2D eigenvalue weighted by Crippen LogP contribution is -2.34. The van der Waals surface area contributed by atoms with Crippen LogP contribution in [-0.2, 0) is 11.3 Å². The fourth-order valence-corrected chi connectivity index (χ4v) is 3.38. The van der Waals surface area contributed by atoms with E-state index in [1.54, 1.807) is 12.1 Å². The molecule has 6 nitrogen and oxygen atoms in total. The summed E-state index contributed by atoms with van der Waals surface area (Å²) in [4.78, 5) is 27.8. The monoisotopic (exact) mass is 419 g/mol. The maximum Gasteiger partial charge on any atom is 0.289 e. The van der Waals surface area contributed by atoms with E-state index in [1.807, 2.05) is 29.2 Å². The molecule has 7 heteroatoms. The summed E-state index contributed by atoms with van der Waals surface area (Å²) in [6.45, 7) is 5.50. The molecule has 1 aromatic heterocycles. The Morgan fingerprint density at radius 2 is 1.85 bits per heavy atom. The zero-order valence-electron chi connectivity index (χ0n) is 14.7. The second-order valence-corrected chi connectivity index (χ2v) is 7.19. The minimum atomic E-state index is -0.0707. The maximum absolute atomic E-state index is 12.5. The molecule has 2 heterocycles. The number of nitrogens with zero attached hydrogens (tertiary/aromatic N) is 2. The molecule has 0 radical (unpaired) electrons. The zero-order valence-corrected chi connectivity index (χ0v) is 16.3. The number of anilines is 1. The van der Waals surface area contributed by atoms with Crippen molar-refractivity contribution in [2.75, 3.05) is 31.5 Å². The summed E-state index contributed by atoms with van der Waals surface area (Å²) in [5.41, 5.74) is 1.99. The van der Waals surface area contributed by atoms with Crippen molar-refractivity contribution in [3.8, 4) is 0 Å². The van der Waals surface area contributed by atoms with Crippen molar-refractivity contribution in [3.05, 3.63) is 52.4 Å². The fraction of sp³-hybridized carbons (Fsp3) is 0.368. The van der Waals surface area contributed by atoms with E-state index in [4.69, 9.17) is 4.42 Å². The van der Waals surface area contributed by atoms with E-state index < -0.39 is 0 Å². The summed E-state index contributed by atoms with van der Waals surface area (Å²) in [6, 6.07) is 11.3. The van der Waals surface area contributed by atoms with Crippen LogP contribution in [0, 0.1) is 0 Å². The minimum Gasteiger partial charge on any atom is -0.444 e. The molecule has 0 atom stereocenters. The van der Waals surface area contributed by atoms with Crippen LogP contribution in [-0.4, -0.2) is 47.8 Å². The Hall–Kier alpha value is -2.12. The Morgan fingerprint density at radius 3 is 2.50 bits per heavy atom. The Morgan fingerprint density at radius 1 is 1.08 bits per heavy atom. The third-order valence-corrected chi connectivity index (χ3v) is 4.77. The molecule has 1 aliphatic heterocycles. The predicted molar refractivity (Wildman–Crippen MR) is 103 cm³/mol. The van der Waals surface area contributed by atoms with Gasteiger partial charge < -0.3 is 14.6 Å². The van der Waals surface area contributed by atoms with E-state index in [1.165, 1.54) is 12.5 Å². The molecular formula is C19H22BrN3O3. The van der Waals surface area contributed by atoms with Crippen molar-refractivity contribution in [3.63, 3.8) is 0 Å². The molecule has 1 aliphatic rings. The van der Waals surface area contributed by atoms with Crippen LogP contribution < -0.4 is 5.32 Å². The lowest BCUT2D eigenvalue weighted by molar-refractivity contribution is -0.114. The standard InChI is InChI=1S/C19H22BrN3O3/c1-14(24)21-16-5-3-15(4-6-16)13-22-9-2-10-23(12-11-22)19(25)17-7-8-18(20)26-17/h3-8H,2,9-13H2,1H3,(H,21,24). The molecule has 0 saturated carbocycles. The van der Waals surface area contributed by atoms with Crippen molar-refractivity contribution in [1.29, 1.82) is 0 Å². The van der Waals surface area contributed by atoms with Gasteiger partial charge in [0.15, 0.2) is 10.4 Å². The zero-order chi connectivity index (χ0) is 18.5. The van der Waals surface area contributed by atoms with Gasteiger partial charge in [-0.3, -0.25) is 14.5 Å². The molecule has 0 unspecified atom stereocenters. The number of benzene rings is 1. The number of nitrogens with one attached hydrogen (secondary N) is 1. The molecule has 1 fully saturated rings. The molecule has 2 amide bonds. The molecule has 0 spiro atoms. The van der Waals surface area contributed by atoms with Crippen molar-refractivity contribution in [2.45, 2.75) is 19.9 Å². The average Bonchev–Trinajstić information content (AvgIpc) is 2.91. The normalized spacial score (nSPS) is 15.5. The minimum absolute atomic E-state index is 0.0581. The lowest BCUT2D eigenvalue weighted by atomic mass is 10.2. The number of furan rings is 1. The highest BCUT2D eigenvalue weighted by Gasteiger charge is 2.22. The van der Waals surface area contributed by atoms with Crippen LogP contribution in [0.5, 0.6) is 0 Å². The van der Waals surface area contributed by atoms with E-state index >= 15 is 0 Å². The molecule has 0 bridgehead atoms. The fourth-order valence-electron chi connectivity index (χ4n) is 3.07. The Balaban J connectivity index is 1.55. The van der Waals surface area contributed by atoms with Crippen molar-refractivity contribution in [2.24, 2.45) is 0 Å². The summed E-state index contributed by atoms with van der Waals surface area (Å²) >= 11 is 3.24. The third-order valence-electron chi connectivity index (χ3n) is 4.34. The van der Waals surface area contributed by atoms with Gasteiger partial charge in [0, 0.05) is 45.3 Å². The summed E-state index contributed by atoms with van der Waals surface area (Å²) in [7, 11) is 0. The first-order valence-corrected chi connectivity index (χ1v) is 9.44. The Kier molecular flexibility index (Phi) is 6.11. The number of carbonyl (C=O) groups excluding carboxylic acids is 2. The lowest BCUT2D eigenvalue weighted by Gasteiger charge is -2.21. The van der Waals surface area contributed by atoms with Gasteiger partial charge in [0.25, 0.3) is 5.91 Å². The SMILES string of the molecule is CC(=O)Nc1ccc(CN2CCCN(C(=O)c3ccc(Br)o3)CC2)cc1. The van der Waals surface area contributed by atoms with Gasteiger partial charge in [-0.1, -0.05) is 12.1 Å². The predicted octanol–water partition coefficient (Wildman–Crippen LogP) is 3.35. The molecular weight excluding hydrogens is 398 g/mol. The summed E-state index contributed by atoms with van der Waals surface area (Å²) < 4.78 is 5.95. The van der Waals surface area contributed by atoms with Gasteiger partial charge in [-0.2, -0.15) is 0 Å². The number of hydrogen-bond donors (Lipinski definition) is 1. The van der Waals surface area contributed by atoms with Crippen molar-refractivity contribution < 1.29 is 14.0 Å². The smallest absolute Gasteiger partial charge is 0.289 e. The summed E-state index contributed by atoms with van der Waals surface area (Å²) in [5, 5.41) is 2.77. The van der Waals surface area contributed by atoms with Crippen molar-refractivity contribution >= 4 is 33.4 Å². The molecule has 0 aliphatic carbocycles. The molecule has 1 saturated heterocycles. The first-order chi connectivity index (χ1) is 12.5. The third kappa shape index (κ3) is 4.95. The van der Waals surface area contributed by atoms with Crippen molar-refractivity contribution in [1.82, 2.24) is 9.80 Å². The maximum atomic E-state index is 12.5. The summed E-state index contributed by atoms with van der Waals surface area (Å²) in [5.74, 6) is 0.245. The van der Waals surface area contributed by atoms with Gasteiger partial charge in [-0.15, -0.1) is 0 Å². The van der Waals surface area contributed by atoms with Gasteiger partial charge in [0.05, 0.1) is 0 Å². The van der Waals surface area contributed by atoms with E-state index in [9.17, 15) is 9.59 Å². The number of hydrogen-bond acceptors (Lipinski definition) is 4. The first kappa shape index (κ1) is 18.7. The largest absolute Gasteiger partial charge is 0.444 e. The average molecular weight is 420 g/mol. The van der Waals surface area contributed by atoms with Crippen LogP contribution >= 0.6 is 15.9 Å². The van der Waals surface area contributed by atoms with Crippen LogP contribution in [0.1, 0.15) is 29.5 Å². The van der Waals surface area contributed by atoms with E-state index in [-0.39, 0.29) is 11.8 Å². The van der Waals surface area contributed by atoms with Gasteiger partial charge in [0.2, 0.25) is 5.91 Å². The topological polar surface area (TPSA) is 65.8 Å². The molecule has 2 aromatic rings. The molecule has 1 N–H and O–H groups in total.